The fraction of sp³-hybridized carbons (Fsp3) is 0.400. The molecule has 0 saturated carbocycles. The number of rotatable bonds is 3. The predicted molar refractivity (Wildman–Crippen MR) is 50.8 cm³/mol. The standard InChI is InChI=1S/C10H15NO2/c1-8(11(2)13)6-9-4-3-5-10(12)7-9/h3-5,7-8,12-13H,6H2,1-2H3. The zero-order valence-electron chi connectivity index (χ0n) is 7.94. The topological polar surface area (TPSA) is 43.7 Å². The Morgan fingerprint density at radius 2 is 2.15 bits per heavy atom. The first-order valence-electron chi connectivity index (χ1n) is 4.29. The van der Waals surface area contributed by atoms with E-state index in [2.05, 4.69) is 0 Å². The molecule has 1 atom stereocenters. The number of nitrogens with zero attached hydrogens (tertiary/aromatic N) is 1. The van der Waals surface area contributed by atoms with Gasteiger partial charge in [0.2, 0.25) is 0 Å². The van der Waals surface area contributed by atoms with Crippen molar-refractivity contribution in [3.8, 4) is 5.75 Å². The van der Waals surface area contributed by atoms with Crippen LogP contribution >= 0.6 is 0 Å². The molecule has 72 valence electrons. The Morgan fingerprint density at radius 3 is 2.69 bits per heavy atom. The summed E-state index contributed by atoms with van der Waals surface area (Å²) < 4.78 is 0. The Hall–Kier alpha value is -1.06. The van der Waals surface area contributed by atoms with Gasteiger partial charge >= 0.3 is 0 Å². The minimum Gasteiger partial charge on any atom is -0.508 e. The maximum atomic E-state index is 9.19. The van der Waals surface area contributed by atoms with E-state index in [1.54, 1.807) is 25.2 Å². The summed E-state index contributed by atoms with van der Waals surface area (Å²) in [5.41, 5.74) is 1.02. The van der Waals surface area contributed by atoms with Crippen molar-refractivity contribution < 1.29 is 10.3 Å². The molecule has 3 heteroatoms. The first kappa shape index (κ1) is 10.0. The third-order valence-electron chi connectivity index (χ3n) is 2.08. The minimum absolute atomic E-state index is 0.0572. The maximum Gasteiger partial charge on any atom is 0.115 e. The molecule has 0 aliphatic rings. The zero-order valence-corrected chi connectivity index (χ0v) is 7.94. The molecule has 0 bridgehead atoms. The van der Waals surface area contributed by atoms with Crippen LogP contribution in [0.1, 0.15) is 12.5 Å². The fourth-order valence-corrected chi connectivity index (χ4v) is 1.16. The number of hydrogen-bond donors (Lipinski definition) is 2. The van der Waals surface area contributed by atoms with Gasteiger partial charge in [0.25, 0.3) is 0 Å². The molecule has 0 amide bonds. The third-order valence-corrected chi connectivity index (χ3v) is 2.08. The van der Waals surface area contributed by atoms with Crippen LogP contribution < -0.4 is 0 Å². The van der Waals surface area contributed by atoms with E-state index in [0.29, 0.717) is 0 Å². The summed E-state index contributed by atoms with van der Waals surface area (Å²) in [5.74, 6) is 0.269. The Labute approximate surface area is 78.2 Å². The summed E-state index contributed by atoms with van der Waals surface area (Å²) in [5, 5.41) is 19.5. The lowest BCUT2D eigenvalue weighted by Crippen LogP contribution is -2.27. The molecule has 0 spiro atoms. The van der Waals surface area contributed by atoms with Gasteiger partial charge in [0.05, 0.1) is 0 Å². The van der Waals surface area contributed by atoms with Gasteiger partial charge in [-0.05, 0) is 31.0 Å². The largest absolute Gasteiger partial charge is 0.508 e. The van der Waals surface area contributed by atoms with Gasteiger partial charge < -0.3 is 10.3 Å². The molecule has 1 aromatic carbocycles. The molecule has 0 heterocycles. The average molecular weight is 181 g/mol. The number of benzene rings is 1. The van der Waals surface area contributed by atoms with E-state index in [1.165, 1.54) is 5.06 Å². The highest BCUT2D eigenvalue weighted by molar-refractivity contribution is 5.27. The highest BCUT2D eigenvalue weighted by Crippen LogP contribution is 2.13. The molecule has 0 aliphatic heterocycles. The van der Waals surface area contributed by atoms with Gasteiger partial charge in [0, 0.05) is 13.1 Å². The van der Waals surface area contributed by atoms with Crippen molar-refractivity contribution in [3.63, 3.8) is 0 Å². The first-order valence-corrected chi connectivity index (χ1v) is 4.29. The smallest absolute Gasteiger partial charge is 0.115 e. The van der Waals surface area contributed by atoms with Gasteiger partial charge in [-0.25, -0.2) is 0 Å². The molecule has 1 aromatic rings. The van der Waals surface area contributed by atoms with E-state index in [1.807, 2.05) is 13.0 Å². The Kier molecular flexibility index (Phi) is 3.28. The van der Waals surface area contributed by atoms with Crippen molar-refractivity contribution in [1.82, 2.24) is 5.06 Å². The fourth-order valence-electron chi connectivity index (χ4n) is 1.16. The van der Waals surface area contributed by atoms with Gasteiger partial charge in [-0.15, -0.1) is 0 Å². The Morgan fingerprint density at radius 1 is 1.46 bits per heavy atom. The summed E-state index contributed by atoms with van der Waals surface area (Å²) in [6, 6.07) is 7.13. The highest BCUT2D eigenvalue weighted by atomic mass is 16.5. The van der Waals surface area contributed by atoms with E-state index < -0.39 is 0 Å². The maximum absolute atomic E-state index is 9.19. The van der Waals surface area contributed by atoms with Crippen molar-refractivity contribution in [2.24, 2.45) is 0 Å². The number of hydrogen-bond acceptors (Lipinski definition) is 3. The summed E-state index contributed by atoms with van der Waals surface area (Å²) in [6.07, 6.45) is 0.724. The second kappa shape index (κ2) is 4.25. The van der Waals surface area contributed by atoms with E-state index in [9.17, 15) is 5.11 Å². The van der Waals surface area contributed by atoms with Crippen LogP contribution in [0.4, 0.5) is 0 Å². The summed E-state index contributed by atoms with van der Waals surface area (Å²) >= 11 is 0. The van der Waals surface area contributed by atoms with Crippen molar-refractivity contribution >= 4 is 0 Å². The lowest BCUT2D eigenvalue weighted by molar-refractivity contribution is -0.0963. The van der Waals surface area contributed by atoms with Crippen LogP contribution in [-0.4, -0.2) is 28.5 Å². The molecule has 1 unspecified atom stereocenters. The number of hydroxylamine groups is 2. The summed E-state index contributed by atoms with van der Waals surface area (Å²) in [6.45, 7) is 1.92. The normalized spacial score (nSPS) is 13.2. The Bertz CT molecular complexity index is 273. The third kappa shape index (κ3) is 3.05. The molecule has 0 saturated heterocycles. The number of phenols is 1. The van der Waals surface area contributed by atoms with Crippen molar-refractivity contribution in [3.05, 3.63) is 29.8 Å². The van der Waals surface area contributed by atoms with E-state index in [0.717, 1.165) is 12.0 Å². The van der Waals surface area contributed by atoms with E-state index in [-0.39, 0.29) is 11.8 Å². The highest BCUT2D eigenvalue weighted by Gasteiger charge is 2.07. The molecule has 13 heavy (non-hydrogen) atoms. The second-order valence-electron chi connectivity index (χ2n) is 3.30. The van der Waals surface area contributed by atoms with Crippen LogP contribution in [-0.2, 0) is 6.42 Å². The van der Waals surface area contributed by atoms with Gasteiger partial charge in [-0.3, -0.25) is 0 Å². The van der Waals surface area contributed by atoms with Crippen LogP contribution in [0.5, 0.6) is 5.75 Å². The van der Waals surface area contributed by atoms with Crippen LogP contribution in [0, 0.1) is 0 Å². The molecule has 0 fully saturated rings. The molecular weight excluding hydrogens is 166 g/mol. The van der Waals surface area contributed by atoms with Crippen LogP contribution in [0.2, 0.25) is 0 Å². The summed E-state index contributed by atoms with van der Waals surface area (Å²) in [7, 11) is 1.62. The average Bonchev–Trinajstić information content (AvgIpc) is 2.04. The zero-order chi connectivity index (χ0) is 9.84. The van der Waals surface area contributed by atoms with Gasteiger partial charge in [0.15, 0.2) is 0 Å². The lowest BCUT2D eigenvalue weighted by atomic mass is 10.1. The van der Waals surface area contributed by atoms with Crippen molar-refractivity contribution in [2.45, 2.75) is 19.4 Å². The number of aromatic hydroxyl groups is 1. The van der Waals surface area contributed by atoms with Gasteiger partial charge in [0.1, 0.15) is 5.75 Å². The molecule has 2 N–H and O–H groups in total. The molecule has 3 nitrogen and oxygen atoms in total. The molecule has 0 radical (unpaired) electrons. The van der Waals surface area contributed by atoms with Crippen LogP contribution in [0.3, 0.4) is 0 Å². The quantitative estimate of drug-likeness (QED) is 0.697. The van der Waals surface area contributed by atoms with Crippen LogP contribution in [0.25, 0.3) is 0 Å². The second-order valence-corrected chi connectivity index (χ2v) is 3.30. The number of phenolic OH excluding ortho intramolecular Hbond substituents is 1. The van der Waals surface area contributed by atoms with E-state index >= 15 is 0 Å². The molecule has 0 aliphatic carbocycles. The molecule has 0 aromatic heterocycles. The van der Waals surface area contributed by atoms with E-state index in [4.69, 9.17) is 5.21 Å². The van der Waals surface area contributed by atoms with Crippen molar-refractivity contribution in [1.29, 1.82) is 0 Å². The SMILES string of the molecule is CC(Cc1cccc(O)c1)N(C)O. The molecular formula is C10H15NO2. The minimum atomic E-state index is 0.0572. The molecule has 1 rings (SSSR count). The first-order chi connectivity index (χ1) is 6.09. The monoisotopic (exact) mass is 181 g/mol. The number of likely N-dealkylation sites (N-methyl/N-ethyl adjacent to an activating group) is 1. The van der Waals surface area contributed by atoms with Gasteiger partial charge in [-0.2, -0.15) is 5.06 Å². The lowest BCUT2D eigenvalue weighted by Gasteiger charge is -2.17. The summed E-state index contributed by atoms with van der Waals surface area (Å²) in [4.78, 5) is 0. The van der Waals surface area contributed by atoms with Crippen LogP contribution in [0.15, 0.2) is 24.3 Å². The Balaban J connectivity index is 2.64. The van der Waals surface area contributed by atoms with Crippen molar-refractivity contribution in [2.75, 3.05) is 7.05 Å². The van der Waals surface area contributed by atoms with Gasteiger partial charge in [-0.1, -0.05) is 12.1 Å². The predicted octanol–water partition coefficient (Wildman–Crippen LogP) is 1.64.